The summed E-state index contributed by atoms with van der Waals surface area (Å²) in [6.45, 7) is 3.58. The number of rotatable bonds is 14. The van der Waals surface area contributed by atoms with E-state index in [0.29, 0.717) is 34.2 Å². The van der Waals surface area contributed by atoms with E-state index >= 15 is 0 Å². The van der Waals surface area contributed by atoms with Gasteiger partial charge in [0.1, 0.15) is 11.5 Å². The van der Waals surface area contributed by atoms with E-state index in [1.54, 1.807) is 26.4 Å². The van der Waals surface area contributed by atoms with Gasteiger partial charge in [0.2, 0.25) is 0 Å². The molecular formula is C30H31NO8S2. The Hall–Kier alpha value is -3.96. The van der Waals surface area contributed by atoms with E-state index in [1.165, 1.54) is 36.5 Å². The fourth-order valence-corrected chi connectivity index (χ4v) is 6.46. The second kappa shape index (κ2) is 12.7. The Kier molecular flexibility index (Phi) is 9.29. The maximum atomic E-state index is 12.6. The number of carbonyl (C=O) groups is 4. The van der Waals surface area contributed by atoms with Gasteiger partial charge in [-0.05, 0) is 53.1 Å². The number of thiophene rings is 2. The van der Waals surface area contributed by atoms with Crippen LogP contribution in [-0.2, 0) is 16.0 Å². The Balaban J connectivity index is 1.50. The Morgan fingerprint density at radius 2 is 1.24 bits per heavy atom. The lowest BCUT2D eigenvalue weighted by Crippen LogP contribution is -2.13. The van der Waals surface area contributed by atoms with Crippen LogP contribution in [-0.4, -0.2) is 54.5 Å². The number of carboxylic acid groups (broad SMARTS) is 2. The van der Waals surface area contributed by atoms with Crippen LogP contribution in [0.1, 0.15) is 51.6 Å². The number of ether oxygens (including phenoxy) is 2. The van der Waals surface area contributed by atoms with Crippen molar-refractivity contribution in [1.29, 1.82) is 0 Å². The van der Waals surface area contributed by atoms with Crippen molar-refractivity contribution in [3.05, 3.63) is 51.7 Å². The number of anilines is 1. The van der Waals surface area contributed by atoms with Crippen LogP contribution in [0.2, 0.25) is 0 Å². The summed E-state index contributed by atoms with van der Waals surface area (Å²) in [7, 11) is 3.17. The maximum absolute atomic E-state index is 12.6. The van der Waals surface area contributed by atoms with Gasteiger partial charge in [-0.2, -0.15) is 0 Å². The minimum Gasteiger partial charge on any atom is -0.496 e. The highest BCUT2D eigenvalue weighted by Gasteiger charge is 2.21. The SMILES string of the molecule is COc1cc2sc(C(=O)C[C@H](C)C(=O)O)cc2cc1CCNc1cc2cc(C(=O)C[C@H](C)C(=O)O)sc2cc1OC. The summed E-state index contributed by atoms with van der Waals surface area (Å²) in [5.41, 5.74) is 1.70. The number of benzene rings is 2. The predicted octanol–water partition coefficient (Wildman–Crippen LogP) is 6.37. The summed E-state index contributed by atoms with van der Waals surface area (Å²) in [6, 6.07) is 11.2. The fraction of sp³-hybridized carbons (Fsp3) is 0.333. The van der Waals surface area contributed by atoms with Crippen molar-refractivity contribution >= 4 is 72.0 Å². The molecule has 216 valence electrons. The third-order valence-corrected chi connectivity index (χ3v) is 9.12. The first-order chi connectivity index (χ1) is 19.5. The maximum Gasteiger partial charge on any atom is 0.306 e. The average Bonchev–Trinajstić information content (AvgIpc) is 3.55. The molecule has 3 N–H and O–H groups in total. The van der Waals surface area contributed by atoms with E-state index in [9.17, 15) is 19.2 Å². The van der Waals surface area contributed by atoms with E-state index in [2.05, 4.69) is 5.32 Å². The predicted molar refractivity (Wildman–Crippen MR) is 160 cm³/mol. The fourth-order valence-electron chi connectivity index (χ4n) is 4.41. The molecule has 2 heterocycles. The molecule has 0 saturated carbocycles. The normalized spacial score (nSPS) is 12.7. The van der Waals surface area contributed by atoms with E-state index in [-0.39, 0.29) is 24.4 Å². The average molecular weight is 598 g/mol. The number of Topliss-reactive ketones (excluding diaryl/α,β-unsaturated/α-hetero) is 2. The summed E-state index contributed by atoms with van der Waals surface area (Å²) in [5, 5.41) is 23.4. The van der Waals surface area contributed by atoms with Crippen molar-refractivity contribution in [3.63, 3.8) is 0 Å². The summed E-state index contributed by atoms with van der Waals surface area (Å²) in [4.78, 5) is 48.6. The molecule has 11 heteroatoms. The van der Waals surface area contributed by atoms with Gasteiger partial charge >= 0.3 is 11.9 Å². The molecule has 9 nitrogen and oxygen atoms in total. The largest absolute Gasteiger partial charge is 0.496 e. The van der Waals surface area contributed by atoms with Crippen LogP contribution in [0.3, 0.4) is 0 Å². The number of methoxy groups -OCH3 is 2. The van der Waals surface area contributed by atoms with Crippen LogP contribution in [0.15, 0.2) is 36.4 Å². The van der Waals surface area contributed by atoms with Crippen LogP contribution >= 0.6 is 22.7 Å². The molecule has 4 aromatic rings. The molecule has 0 radical (unpaired) electrons. The van der Waals surface area contributed by atoms with Crippen LogP contribution in [0, 0.1) is 11.8 Å². The highest BCUT2D eigenvalue weighted by Crippen LogP contribution is 2.37. The van der Waals surface area contributed by atoms with Gasteiger partial charge in [-0.15, -0.1) is 22.7 Å². The number of nitrogens with one attached hydrogen (secondary N) is 1. The third kappa shape index (κ3) is 6.86. The van der Waals surface area contributed by atoms with Gasteiger partial charge in [0.05, 0.1) is 41.5 Å². The molecule has 0 fully saturated rings. The van der Waals surface area contributed by atoms with Crippen molar-refractivity contribution in [2.75, 3.05) is 26.1 Å². The minimum atomic E-state index is -0.998. The van der Waals surface area contributed by atoms with Gasteiger partial charge in [-0.3, -0.25) is 19.2 Å². The van der Waals surface area contributed by atoms with E-state index in [0.717, 1.165) is 31.4 Å². The molecule has 0 amide bonds. The number of hydrogen-bond donors (Lipinski definition) is 3. The first-order valence-corrected chi connectivity index (χ1v) is 14.6. The van der Waals surface area contributed by atoms with E-state index < -0.39 is 23.8 Å². The molecule has 0 aliphatic heterocycles. The molecule has 0 spiro atoms. The summed E-state index contributed by atoms with van der Waals surface area (Å²) >= 11 is 2.64. The highest BCUT2D eigenvalue weighted by atomic mass is 32.1. The Morgan fingerprint density at radius 1 is 0.756 bits per heavy atom. The van der Waals surface area contributed by atoms with Crippen molar-refractivity contribution in [2.24, 2.45) is 11.8 Å². The molecule has 41 heavy (non-hydrogen) atoms. The van der Waals surface area contributed by atoms with E-state index in [1.807, 2.05) is 24.3 Å². The Morgan fingerprint density at radius 3 is 1.73 bits per heavy atom. The Bertz CT molecular complexity index is 1520. The lowest BCUT2D eigenvalue weighted by Gasteiger charge is -2.13. The van der Waals surface area contributed by atoms with Crippen LogP contribution in [0.25, 0.3) is 20.2 Å². The molecule has 0 aliphatic rings. The van der Waals surface area contributed by atoms with Gasteiger partial charge in [0.15, 0.2) is 11.6 Å². The molecule has 2 atom stereocenters. The van der Waals surface area contributed by atoms with Crippen LogP contribution < -0.4 is 14.8 Å². The molecule has 0 aliphatic carbocycles. The second-order valence-electron chi connectivity index (χ2n) is 9.92. The van der Waals surface area contributed by atoms with Gasteiger partial charge in [0, 0.05) is 34.9 Å². The minimum absolute atomic E-state index is 0.0521. The Labute approximate surface area is 244 Å². The molecule has 0 unspecified atom stereocenters. The molecule has 0 bridgehead atoms. The zero-order valence-corrected chi connectivity index (χ0v) is 24.7. The van der Waals surface area contributed by atoms with Crippen molar-refractivity contribution in [1.82, 2.24) is 0 Å². The van der Waals surface area contributed by atoms with Gasteiger partial charge in [0.25, 0.3) is 0 Å². The zero-order valence-electron chi connectivity index (χ0n) is 23.1. The van der Waals surface area contributed by atoms with Crippen LogP contribution in [0.5, 0.6) is 11.5 Å². The lowest BCUT2D eigenvalue weighted by atomic mass is 10.0. The van der Waals surface area contributed by atoms with Gasteiger partial charge < -0.3 is 25.0 Å². The lowest BCUT2D eigenvalue weighted by molar-refractivity contribution is -0.141. The molecule has 4 rings (SSSR count). The van der Waals surface area contributed by atoms with Crippen molar-refractivity contribution in [3.8, 4) is 11.5 Å². The quantitative estimate of drug-likeness (QED) is 0.141. The number of carboxylic acids is 2. The monoisotopic (exact) mass is 597 g/mol. The second-order valence-corrected chi connectivity index (χ2v) is 12.1. The zero-order chi connectivity index (χ0) is 29.8. The number of aliphatic carboxylic acids is 2. The summed E-state index contributed by atoms with van der Waals surface area (Å²) in [6.07, 6.45) is 0.497. The third-order valence-electron chi connectivity index (χ3n) is 6.84. The number of hydrogen-bond acceptors (Lipinski definition) is 9. The summed E-state index contributed by atoms with van der Waals surface area (Å²) in [5.74, 6) is -2.58. The first-order valence-electron chi connectivity index (χ1n) is 13.0. The molecule has 0 saturated heterocycles. The molecule has 2 aromatic heterocycles. The van der Waals surface area contributed by atoms with Crippen molar-refractivity contribution in [2.45, 2.75) is 33.1 Å². The summed E-state index contributed by atoms with van der Waals surface area (Å²) < 4.78 is 13.0. The number of ketones is 2. The standard InChI is InChI=1S/C30H31NO8S2/c1-15(29(34)35)7-21(32)27-11-18-9-17(23(38-3)13-25(18)40-27)5-6-31-20-10-19-12-28(22(33)8-16(2)30(36)37)41-26(19)14-24(20)39-4/h9-16,31H,5-8H2,1-4H3,(H,34,35)(H,36,37)/t15-,16-/m0/s1. The number of fused-ring (bicyclic) bond motifs is 2. The van der Waals surface area contributed by atoms with E-state index in [4.69, 9.17) is 19.7 Å². The molecule has 2 aromatic carbocycles. The highest BCUT2D eigenvalue weighted by molar-refractivity contribution is 7.21. The van der Waals surface area contributed by atoms with Crippen molar-refractivity contribution < 1.29 is 38.9 Å². The number of carbonyl (C=O) groups excluding carboxylic acids is 2. The van der Waals surface area contributed by atoms with Gasteiger partial charge in [-0.1, -0.05) is 13.8 Å². The van der Waals surface area contributed by atoms with Crippen LogP contribution in [0.4, 0.5) is 5.69 Å². The molecular weight excluding hydrogens is 566 g/mol. The van der Waals surface area contributed by atoms with Gasteiger partial charge in [-0.25, -0.2) is 0 Å². The topological polar surface area (TPSA) is 139 Å². The smallest absolute Gasteiger partial charge is 0.306 e. The first kappa shape index (κ1) is 30.0.